The summed E-state index contributed by atoms with van der Waals surface area (Å²) in [6.45, 7) is 4.43. The molecule has 0 aliphatic heterocycles. The third kappa shape index (κ3) is 3.93. The van der Waals surface area contributed by atoms with Crippen molar-refractivity contribution >= 4 is 50.2 Å². The van der Waals surface area contributed by atoms with Crippen LogP contribution in [-0.4, -0.2) is 9.91 Å². The van der Waals surface area contributed by atoms with Gasteiger partial charge in [0.15, 0.2) is 4.47 Å². The van der Waals surface area contributed by atoms with Gasteiger partial charge in [0.1, 0.15) is 5.69 Å². The summed E-state index contributed by atoms with van der Waals surface area (Å²) < 4.78 is 1.13. The van der Waals surface area contributed by atoms with Crippen LogP contribution < -0.4 is 5.32 Å². The Bertz CT molecular complexity index is 675. The minimum atomic E-state index is -0.376. The first-order valence-electron chi connectivity index (χ1n) is 6.20. The second kappa shape index (κ2) is 6.72. The van der Waals surface area contributed by atoms with E-state index in [0.717, 1.165) is 10.4 Å². The van der Waals surface area contributed by atoms with Gasteiger partial charge in [-0.1, -0.05) is 25.4 Å². The fourth-order valence-electron chi connectivity index (χ4n) is 1.81. The van der Waals surface area contributed by atoms with Crippen molar-refractivity contribution in [1.82, 2.24) is 4.98 Å². The maximum Gasteiger partial charge on any atom is 0.293 e. The normalized spacial score (nSPS) is 10.9. The zero-order valence-corrected chi connectivity index (χ0v) is 14.6. The molecule has 5 nitrogen and oxygen atoms in total. The maximum absolute atomic E-state index is 11.3. The third-order valence-electron chi connectivity index (χ3n) is 2.92. The van der Waals surface area contributed by atoms with Crippen molar-refractivity contribution < 1.29 is 4.92 Å². The van der Waals surface area contributed by atoms with E-state index in [1.54, 1.807) is 12.3 Å². The molecule has 1 N–H and O–H groups in total. The molecule has 0 fully saturated rings. The number of aromatic nitrogens is 1. The summed E-state index contributed by atoms with van der Waals surface area (Å²) in [6, 6.07) is 3.51. The Hall–Kier alpha value is -1.18. The minimum Gasteiger partial charge on any atom is -0.374 e. The van der Waals surface area contributed by atoms with E-state index < -0.39 is 0 Å². The van der Waals surface area contributed by atoms with Crippen LogP contribution in [-0.2, 0) is 6.54 Å². The first-order chi connectivity index (χ1) is 9.88. The monoisotopic (exact) mass is 389 g/mol. The molecule has 0 aliphatic carbocycles. The molecule has 0 amide bonds. The lowest BCUT2D eigenvalue weighted by atomic mass is 10.0. The second-order valence-electron chi connectivity index (χ2n) is 4.74. The predicted molar refractivity (Wildman–Crippen MR) is 89.3 cm³/mol. The molecular formula is C13H13BrClN3O2S. The quantitative estimate of drug-likeness (QED) is 0.562. The van der Waals surface area contributed by atoms with E-state index >= 15 is 0 Å². The van der Waals surface area contributed by atoms with Gasteiger partial charge in [-0.25, -0.2) is 4.98 Å². The molecule has 21 heavy (non-hydrogen) atoms. The van der Waals surface area contributed by atoms with Gasteiger partial charge in [-0.05, 0) is 33.5 Å². The van der Waals surface area contributed by atoms with Gasteiger partial charge < -0.3 is 5.32 Å². The molecule has 0 atom stereocenters. The number of halogens is 2. The van der Waals surface area contributed by atoms with Crippen molar-refractivity contribution in [3.8, 4) is 0 Å². The fourth-order valence-corrected chi connectivity index (χ4v) is 3.33. The lowest BCUT2D eigenvalue weighted by Gasteiger charge is -2.12. The van der Waals surface area contributed by atoms with Gasteiger partial charge in [0.25, 0.3) is 5.69 Å². The van der Waals surface area contributed by atoms with Crippen molar-refractivity contribution in [2.24, 2.45) is 0 Å². The summed E-state index contributed by atoms with van der Waals surface area (Å²) in [5.74, 6) is 0.217. The molecule has 0 aliphatic rings. The highest BCUT2D eigenvalue weighted by molar-refractivity contribution is 9.10. The van der Waals surface area contributed by atoms with Gasteiger partial charge in [0.2, 0.25) is 0 Å². The highest BCUT2D eigenvalue weighted by Gasteiger charge is 2.19. The smallest absolute Gasteiger partial charge is 0.293 e. The first-order valence-corrected chi connectivity index (χ1v) is 8.19. The van der Waals surface area contributed by atoms with Crippen LogP contribution in [0.5, 0.6) is 0 Å². The number of thiazole rings is 1. The molecule has 0 saturated carbocycles. The van der Waals surface area contributed by atoms with Crippen LogP contribution >= 0.6 is 38.9 Å². The Morgan fingerprint density at radius 2 is 2.24 bits per heavy atom. The molecule has 1 aromatic heterocycles. The van der Waals surface area contributed by atoms with Crippen molar-refractivity contribution in [1.29, 1.82) is 0 Å². The number of benzene rings is 1. The Kier molecular flexibility index (Phi) is 5.18. The standard InChI is InChI=1S/C13H13BrClN3O2S/c1-7(2)8-3-10(14)12(11(4-8)18(19)20)16-5-9-6-17-13(15)21-9/h3-4,6-7,16H,5H2,1-2H3. The van der Waals surface area contributed by atoms with Gasteiger partial charge in [-0.15, -0.1) is 11.3 Å². The average Bonchev–Trinajstić information content (AvgIpc) is 2.82. The SMILES string of the molecule is CC(C)c1cc(Br)c(NCc2cnc(Cl)s2)c([N+](=O)[O-])c1. The zero-order chi connectivity index (χ0) is 15.6. The van der Waals surface area contributed by atoms with Crippen LogP contribution in [0, 0.1) is 10.1 Å². The summed E-state index contributed by atoms with van der Waals surface area (Å²) in [7, 11) is 0. The fraction of sp³-hybridized carbons (Fsp3) is 0.308. The molecule has 8 heteroatoms. The van der Waals surface area contributed by atoms with E-state index in [2.05, 4.69) is 26.2 Å². The molecule has 0 spiro atoms. The van der Waals surface area contributed by atoms with E-state index in [-0.39, 0.29) is 16.5 Å². The van der Waals surface area contributed by atoms with Crippen LogP contribution in [0.3, 0.4) is 0 Å². The van der Waals surface area contributed by atoms with Crippen molar-refractivity contribution in [3.63, 3.8) is 0 Å². The molecule has 0 radical (unpaired) electrons. The number of hydrogen-bond acceptors (Lipinski definition) is 5. The number of anilines is 1. The summed E-state index contributed by atoms with van der Waals surface area (Å²) in [5, 5.41) is 14.4. The van der Waals surface area contributed by atoms with Gasteiger partial charge in [0, 0.05) is 21.6 Å². The molecule has 1 heterocycles. The molecular weight excluding hydrogens is 378 g/mol. The van der Waals surface area contributed by atoms with Crippen LogP contribution in [0.2, 0.25) is 4.47 Å². The Balaban J connectivity index is 2.31. The molecule has 0 bridgehead atoms. The first kappa shape index (κ1) is 16.2. The van der Waals surface area contributed by atoms with Gasteiger partial charge in [-0.2, -0.15) is 0 Å². The lowest BCUT2D eigenvalue weighted by Crippen LogP contribution is -2.04. The van der Waals surface area contributed by atoms with Crippen molar-refractivity contribution in [2.75, 3.05) is 5.32 Å². The Labute approximate surface area is 139 Å². The van der Waals surface area contributed by atoms with E-state index in [9.17, 15) is 10.1 Å². The van der Waals surface area contributed by atoms with Crippen molar-refractivity contribution in [3.05, 3.63) is 47.8 Å². The van der Waals surface area contributed by atoms with Crippen LogP contribution in [0.1, 0.15) is 30.2 Å². The average molecular weight is 391 g/mol. The summed E-state index contributed by atoms with van der Waals surface area (Å²) >= 11 is 10.5. The Morgan fingerprint density at radius 3 is 2.76 bits per heavy atom. The number of nitrogens with one attached hydrogen (secondary N) is 1. The van der Waals surface area contributed by atoms with E-state index in [4.69, 9.17) is 11.6 Å². The largest absolute Gasteiger partial charge is 0.374 e. The molecule has 1 aromatic carbocycles. The van der Waals surface area contributed by atoms with E-state index in [0.29, 0.717) is 21.2 Å². The van der Waals surface area contributed by atoms with Gasteiger partial charge in [-0.3, -0.25) is 10.1 Å². The zero-order valence-electron chi connectivity index (χ0n) is 11.4. The third-order valence-corrected chi connectivity index (χ3v) is 4.66. The van der Waals surface area contributed by atoms with Gasteiger partial charge in [0.05, 0.1) is 11.5 Å². The van der Waals surface area contributed by atoms with Crippen LogP contribution in [0.4, 0.5) is 11.4 Å². The number of nitro benzene ring substituents is 1. The van der Waals surface area contributed by atoms with E-state index in [1.807, 2.05) is 19.9 Å². The topological polar surface area (TPSA) is 68.1 Å². The molecule has 0 saturated heterocycles. The minimum absolute atomic E-state index is 0.0590. The van der Waals surface area contributed by atoms with Crippen LogP contribution in [0.25, 0.3) is 0 Å². The number of nitro groups is 1. The summed E-state index contributed by atoms with van der Waals surface area (Å²) in [4.78, 5) is 15.8. The highest BCUT2D eigenvalue weighted by Crippen LogP contribution is 2.36. The van der Waals surface area contributed by atoms with Crippen molar-refractivity contribution in [2.45, 2.75) is 26.3 Å². The van der Waals surface area contributed by atoms with Gasteiger partial charge >= 0.3 is 0 Å². The second-order valence-corrected chi connectivity index (χ2v) is 7.29. The summed E-state index contributed by atoms with van der Waals surface area (Å²) in [6.07, 6.45) is 1.65. The lowest BCUT2D eigenvalue weighted by molar-refractivity contribution is -0.384. The number of rotatable bonds is 5. The highest BCUT2D eigenvalue weighted by atomic mass is 79.9. The maximum atomic E-state index is 11.3. The number of nitrogens with zero attached hydrogens (tertiary/aromatic N) is 2. The predicted octanol–water partition coefficient (Wildman–Crippen LogP) is 5.20. The molecule has 0 unspecified atom stereocenters. The Morgan fingerprint density at radius 1 is 1.52 bits per heavy atom. The molecule has 2 rings (SSSR count). The number of hydrogen-bond donors (Lipinski definition) is 1. The molecule has 112 valence electrons. The molecule has 2 aromatic rings. The van der Waals surface area contributed by atoms with E-state index in [1.165, 1.54) is 11.3 Å². The summed E-state index contributed by atoms with van der Waals surface area (Å²) in [5.41, 5.74) is 1.44. The van der Waals surface area contributed by atoms with Crippen LogP contribution in [0.15, 0.2) is 22.8 Å².